The van der Waals surface area contributed by atoms with Crippen molar-refractivity contribution in [2.45, 2.75) is 32.9 Å². The van der Waals surface area contributed by atoms with Crippen LogP contribution in [0.5, 0.6) is 0 Å². The van der Waals surface area contributed by atoms with Crippen LogP contribution >= 0.6 is 0 Å². The molecule has 1 unspecified atom stereocenters. The molecule has 0 heterocycles. The van der Waals surface area contributed by atoms with Crippen molar-refractivity contribution < 1.29 is 0 Å². The largest absolute Gasteiger partial charge is 0.300 e. The Bertz CT molecular complexity index is 91.2. The zero-order chi connectivity index (χ0) is 6.57. The summed E-state index contributed by atoms with van der Waals surface area (Å²) in [4.78, 5) is 0. The SMILES string of the molecule is CC(C)NC(C)C#N. The molecule has 1 N–H and O–H groups in total. The molecule has 0 saturated heterocycles. The Kier molecular flexibility index (Phi) is 3.21. The summed E-state index contributed by atoms with van der Waals surface area (Å²) in [5, 5.41) is 11.3. The van der Waals surface area contributed by atoms with E-state index in [9.17, 15) is 0 Å². The van der Waals surface area contributed by atoms with Crippen LogP contribution in [-0.4, -0.2) is 12.1 Å². The molecule has 0 radical (unpaired) electrons. The minimum atomic E-state index is -0.0185. The first kappa shape index (κ1) is 7.45. The van der Waals surface area contributed by atoms with Crippen LogP contribution in [0.15, 0.2) is 0 Å². The van der Waals surface area contributed by atoms with Crippen LogP contribution in [0.1, 0.15) is 20.8 Å². The topological polar surface area (TPSA) is 35.8 Å². The third-order valence-corrected chi connectivity index (χ3v) is 0.777. The maximum Gasteiger partial charge on any atom is 0.0926 e. The lowest BCUT2D eigenvalue weighted by atomic mass is 10.3. The van der Waals surface area contributed by atoms with Crippen molar-refractivity contribution in [2.24, 2.45) is 0 Å². The van der Waals surface area contributed by atoms with Crippen LogP contribution in [0.3, 0.4) is 0 Å². The van der Waals surface area contributed by atoms with Crippen LogP contribution in [0.4, 0.5) is 0 Å². The first-order chi connectivity index (χ1) is 3.66. The van der Waals surface area contributed by atoms with E-state index in [4.69, 9.17) is 5.26 Å². The van der Waals surface area contributed by atoms with Gasteiger partial charge in [-0.1, -0.05) is 0 Å². The number of nitrogens with one attached hydrogen (secondary N) is 1. The Morgan fingerprint density at radius 2 is 1.88 bits per heavy atom. The molecule has 0 saturated carbocycles. The van der Waals surface area contributed by atoms with Gasteiger partial charge in [0.25, 0.3) is 0 Å². The molecule has 2 nitrogen and oxygen atoms in total. The Hall–Kier alpha value is -0.550. The number of hydrogen-bond acceptors (Lipinski definition) is 2. The molecule has 1 atom stereocenters. The molecular weight excluding hydrogens is 100 g/mol. The molecule has 0 rings (SSSR count). The summed E-state index contributed by atoms with van der Waals surface area (Å²) < 4.78 is 0. The highest BCUT2D eigenvalue weighted by molar-refractivity contribution is 4.85. The number of rotatable bonds is 2. The summed E-state index contributed by atoms with van der Waals surface area (Å²) in [7, 11) is 0. The molecule has 0 fully saturated rings. The average Bonchev–Trinajstić information content (AvgIpc) is 1.65. The van der Waals surface area contributed by atoms with Crippen molar-refractivity contribution in [3.63, 3.8) is 0 Å². The first-order valence-electron chi connectivity index (χ1n) is 2.82. The Morgan fingerprint density at radius 1 is 1.38 bits per heavy atom. The lowest BCUT2D eigenvalue weighted by Crippen LogP contribution is -2.30. The van der Waals surface area contributed by atoms with E-state index in [2.05, 4.69) is 11.4 Å². The van der Waals surface area contributed by atoms with Gasteiger partial charge in [0.05, 0.1) is 12.1 Å². The van der Waals surface area contributed by atoms with E-state index in [-0.39, 0.29) is 6.04 Å². The van der Waals surface area contributed by atoms with E-state index in [1.165, 1.54) is 0 Å². The van der Waals surface area contributed by atoms with Crippen LogP contribution in [0.25, 0.3) is 0 Å². The van der Waals surface area contributed by atoms with Crippen molar-refractivity contribution in [2.75, 3.05) is 0 Å². The molecule has 0 bridgehead atoms. The van der Waals surface area contributed by atoms with Gasteiger partial charge in [-0.25, -0.2) is 0 Å². The quantitative estimate of drug-likeness (QED) is 0.576. The van der Waals surface area contributed by atoms with Gasteiger partial charge in [0.2, 0.25) is 0 Å². The van der Waals surface area contributed by atoms with E-state index in [0.29, 0.717) is 6.04 Å². The lowest BCUT2D eigenvalue weighted by Gasteiger charge is -2.07. The van der Waals surface area contributed by atoms with Gasteiger partial charge in [-0.2, -0.15) is 5.26 Å². The zero-order valence-electron chi connectivity index (χ0n) is 5.60. The summed E-state index contributed by atoms with van der Waals surface area (Å²) in [6, 6.07) is 2.47. The second-order valence-corrected chi connectivity index (χ2v) is 2.17. The molecule has 46 valence electrons. The van der Waals surface area contributed by atoms with E-state index in [1.807, 2.05) is 20.8 Å². The predicted octanol–water partition coefficient (Wildman–Crippen LogP) is 0.896. The summed E-state index contributed by atoms with van der Waals surface area (Å²) in [5.74, 6) is 0. The number of nitrogens with zero attached hydrogens (tertiary/aromatic N) is 1. The van der Waals surface area contributed by atoms with Crippen LogP contribution in [0, 0.1) is 11.3 Å². The summed E-state index contributed by atoms with van der Waals surface area (Å²) in [5.41, 5.74) is 0. The second-order valence-electron chi connectivity index (χ2n) is 2.17. The second kappa shape index (κ2) is 3.45. The van der Waals surface area contributed by atoms with E-state index < -0.39 is 0 Å². The fourth-order valence-corrected chi connectivity index (χ4v) is 0.537. The highest BCUT2D eigenvalue weighted by Gasteiger charge is 1.97. The van der Waals surface area contributed by atoms with Gasteiger partial charge in [0, 0.05) is 6.04 Å². The maximum absolute atomic E-state index is 8.27. The minimum Gasteiger partial charge on any atom is -0.300 e. The normalized spacial score (nSPS) is 13.4. The molecule has 0 aliphatic rings. The smallest absolute Gasteiger partial charge is 0.0926 e. The molecule has 0 amide bonds. The van der Waals surface area contributed by atoms with Gasteiger partial charge >= 0.3 is 0 Å². The van der Waals surface area contributed by atoms with Crippen molar-refractivity contribution in [3.8, 4) is 6.07 Å². The Labute approximate surface area is 50.5 Å². The van der Waals surface area contributed by atoms with Crippen molar-refractivity contribution in [1.82, 2.24) is 5.32 Å². The van der Waals surface area contributed by atoms with Gasteiger partial charge in [0.1, 0.15) is 0 Å². The lowest BCUT2D eigenvalue weighted by molar-refractivity contribution is 0.556. The number of nitriles is 1. The van der Waals surface area contributed by atoms with Gasteiger partial charge < -0.3 is 0 Å². The van der Waals surface area contributed by atoms with Gasteiger partial charge in [0.15, 0.2) is 0 Å². The van der Waals surface area contributed by atoms with Crippen LogP contribution in [-0.2, 0) is 0 Å². The van der Waals surface area contributed by atoms with Gasteiger partial charge in [-0.3, -0.25) is 5.32 Å². The zero-order valence-corrected chi connectivity index (χ0v) is 5.60. The van der Waals surface area contributed by atoms with Crippen molar-refractivity contribution >= 4 is 0 Å². The highest BCUT2D eigenvalue weighted by Crippen LogP contribution is 1.81. The van der Waals surface area contributed by atoms with Crippen LogP contribution < -0.4 is 5.32 Å². The minimum absolute atomic E-state index is 0.0185. The number of hydrogen-bond donors (Lipinski definition) is 1. The van der Waals surface area contributed by atoms with Crippen molar-refractivity contribution in [3.05, 3.63) is 0 Å². The fraction of sp³-hybridized carbons (Fsp3) is 0.833. The molecule has 0 aromatic heterocycles. The molecule has 8 heavy (non-hydrogen) atoms. The molecule has 2 heteroatoms. The van der Waals surface area contributed by atoms with Gasteiger partial charge in [-0.05, 0) is 20.8 Å². The average molecular weight is 112 g/mol. The molecule has 0 spiro atoms. The monoisotopic (exact) mass is 112 g/mol. The standard InChI is InChI=1S/C6H12N2/c1-5(2)8-6(3)4-7/h5-6,8H,1-3H3. The van der Waals surface area contributed by atoms with Crippen LogP contribution in [0.2, 0.25) is 0 Å². The maximum atomic E-state index is 8.27. The summed E-state index contributed by atoms with van der Waals surface area (Å²) >= 11 is 0. The first-order valence-corrected chi connectivity index (χ1v) is 2.82. The molecule has 0 aromatic rings. The third-order valence-electron chi connectivity index (χ3n) is 0.777. The predicted molar refractivity (Wildman–Crippen MR) is 33.3 cm³/mol. The molecule has 0 aliphatic heterocycles. The molecule has 0 aromatic carbocycles. The summed E-state index contributed by atoms with van der Waals surface area (Å²) in [6.45, 7) is 5.89. The molecular formula is C6H12N2. The summed E-state index contributed by atoms with van der Waals surface area (Å²) in [6.07, 6.45) is 0. The van der Waals surface area contributed by atoms with Crippen molar-refractivity contribution in [1.29, 1.82) is 5.26 Å². The van der Waals surface area contributed by atoms with Gasteiger partial charge in [-0.15, -0.1) is 0 Å². The highest BCUT2D eigenvalue weighted by atomic mass is 14.9. The Balaban J connectivity index is 3.28. The fourth-order valence-electron chi connectivity index (χ4n) is 0.537. The third kappa shape index (κ3) is 3.63. The van der Waals surface area contributed by atoms with E-state index >= 15 is 0 Å². The Morgan fingerprint density at radius 3 is 2.00 bits per heavy atom. The van der Waals surface area contributed by atoms with E-state index in [0.717, 1.165) is 0 Å². The molecule has 0 aliphatic carbocycles. The van der Waals surface area contributed by atoms with E-state index in [1.54, 1.807) is 0 Å².